The fourth-order valence-corrected chi connectivity index (χ4v) is 2.57. The molecule has 1 aromatic carbocycles. The van der Waals surface area contributed by atoms with Crippen molar-refractivity contribution in [1.29, 1.82) is 0 Å². The number of hydrogen-bond donors (Lipinski definition) is 0. The van der Waals surface area contributed by atoms with Crippen LogP contribution >= 0.6 is 11.6 Å². The Hall–Kier alpha value is -2.14. The molecule has 0 saturated heterocycles. The number of carbonyl (C=O) groups is 1. The van der Waals surface area contributed by atoms with E-state index in [1.165, 1.54) is 19.2 Å². The van der Waals surface area contributed by atoms with E-state index in [4.69, 9.17) is 16.3 Å². The van der Waals surface area contributed by atoms with Crippen LogP contribution in [0.5, 0.6) is 5.75 Å². The topological polar surface area (TPSA) is 42.4 Å². The molecule has 0 bridgehead atoms. The SMILES string of the molecule is COc1cncc(N2CCc3cc(Cl)c(F)cc3C2=O)c1. The maximum Gasteiger partial charge on any atom is 0.258 e. The number of hydrogen-bond acceptors (Lipinski definition) is 3. The van der Waals surface area contributed by atoms with Gasteiger partial charge >= 0.3 is 0 Å². The minimum absolute atomic E-state index is 0.0399. The summed E-state index contributed by atoms with van der Waals surface area (Å²) < 4.78 is 18.7. The molecule has 0 unspecified atom stereocenters. The molecule has 1 amide bonds. The second-order valence-electron chi connectivity index (χ2n) is 4.71. The quantitative estimate of drug-likeness (QED) is 0.856. The highest BCUT2D eigenvalue weighted by molar-refractivity contribution is 6.31. The predicted octanol–water partition coefficient (Wildman–Crippen LogP) is 3.09. The number of benzene rings is 1. The van der Waals surface area contributed by atoms with Crippen LogP contribution in [0.25, 0.3) is 0 Å². The Balaban J connectivity index is 2.00. The molecule has 1 aromatic heterocycles. The lowest BCUT2D eigenvalue weighted by Crippen LogP contribution is -2.37. The lowest BCUT2D eigenvalue weighted by atomic mass is 9.98. The highest BCUT2D eigenvalue weighted by Crippen LogP contribution is 2.29. The highest BCUT2D eigenvalue weighted by atomic mass is 35.5. The average Bonchev–Trinajstić information content (AvgIpc) is 2.50. The van der Waals surface area contributed by atoms with E-state index in [0.717, 1.165) is 5.56 Å². The van der Waals surface area contributed by atoms with Crippen molar-refractivity contribution in [2.24, 2.45) is 0 Å². The van der Waals surface area contributed by atoms with E-state index in [1.54, 1.807) is 23.4 Å². The molecule has 0 atom stereocenters. The number of fused-ring (bicyclic) bond motifs is 1. The first kappa shape index (κ1) is 13.8. The third kappa shape index (κ3) is 2.45. The van der Waals surface area contributed by atoms with Crippen LogP contribution in [0.3, 0.4) is 0 Å². The van der Waals surface area contributed by atoms with Crippen LogP contribution in [0.4, 0.5) is 10.1 Å². The molecule has 108 valence electrons. The Morgan fingerprint density at radius 2 is 2.14 bits per heavy atom. The van der Waals surface area contributed by atoms with Gasteiger partial charge in [0.25, 0.3) is 5.91 Å². The number of aromatic nitrogens is 1. The van der Waals surface area contributed by atoms with Crippen molar-refractivity contribution in [2.45, 2.75) is 6.42 Å². The Morgan fingerprint density at radius 1 is 1.33 bits per heavy atom. The van der Waals surface area contributed by atoms with Crippen molar-refractivity contribution >= 4 is 23.2 Å². The molecule has 0 fully saturated rings. The summed E-state index contributed by atoms with van der Waals surface area (Å²) in [6.45, 7) is 0.489. The smallest absolute Gasteiger partial charge is 0.258 e. The molecule has 0 radical (unpaired) electrons. The second kappa shape index (κ2) is 5.33. The zero-order valence-electron chi connectivity index (χ0n) is 11.3. The summed E-state index contributed by atoms with van der Waals surface area (Å²) in [4.78, 5) is 18.1. The molecular weight excluding hydrogens is 295 g/mol. The normalized spacial score (nSPS) is 14.0. The van der Waals surface area contributed by atoms with Gasteiger partial charge in [0.15, 0.2) is 0 Å². The summed E-state index contributed by atoms with van der Waals surface area (Å²) in [5.41, 5.74) is 1.73. The molecule has 2 aromatic rings. The zero-order valence-corrected chi connectivity index (χ0v) is 12.0. The summed E-state index contributed by atoms with van der Waals surface area (Å²) in [6, 6.07) is 4.44. The van der Waals surface area contributed by atoms with E-state index in [0.29, 0.717) is 30.0 Å². The van der Waals surface area contributed by atoms with Crippen LogP contribution in [0.2, 0.25) is 5.02 Å². The van der Waals surface area contributed by atoms with Gasteiger partial charge in [-0.2, -0.15) is 0 Å². The Kier molecular flexibility index (Phi) is 3.51. The minimum Gasteiger partial charge on any atom is -0.495 e. The first-order valence-corrected chi connectivity index (χ1v) is 6.77. The molecule has 0 aliphatic carbocycles. The highest BCUT2D eigenvalue weighted by Gasteiger charge is 2.27. The van der Waals surface area contributed by atoms with Gasteiger partial charge in [0.1, 0.15) is 11.6 Å². The lowest BCUT2D eigenvalue weighted by molar-refractivity contribution is 0.0980. The van der Waals surface area contributed by atoms with E-state index in [1.807, 2.05) is 0 Å². The van der Waals surface area contributed by atoms with Gasteiger partial charge in [-0.1, -0.05) is 11.6 Å². The van der Waals surface area contributed by atoms with Crippen molar-refractivity contribution in [3.05, 3.63) is 52.6 Å². The van der Waals surface area contributed by atoms with Gasteiger partial charge in [-0.25, -0.2) is 4.39 Å². The van der Waals surface area contributed by atoms with E-state index in [-0.39, 0.29) is 10.9 Å². The van der Waals surface area contributed by atoms with E-state index >= 15 is 0 Å². The van der Waals surface area contributed by atoms with Crippen molar-refractivity contribution < 1.29 is 13.9 Å². The van der Waals surface area contributed by atoms with E-state index < -0.39 is 5.82 Å². The zero-order chi connectivity index (χ0) is 15.0. The van der Waals surface area contributed by atoms with Crippen molar-refractivity contribution in [3.63, 3.8) is 0 Å². The molecule has 6 heteroatoms. The Morgan fingerprint density at radius 3 is 2.90 bits per heavy atom. The van der Waals surface area contributed by atoms with Gasteiger partial charge in [0.2, 0.25) is 0 Å². The van der Waals surface area contributed by atoms with Gasteiger partial charge in [-0.05, 0) is 24.1 Å². The van der Waals surface area contributed by atoms with Crippen LogP contribution in [0.1, 0.15) is 15.9 Å². The summed E-state index contributed by atoms with van der Waals surface area (Å²) in [5.74, 6) is -0.287. The molecular formula is C15H12ClFN2O2. The van der Waals surface area contributed by atoms with E-state index in [9.17, 15) is 9.18 Å². The standard InChI is InChI=1S/C15H12ClFN2O2/c1-21-11-5-10(7-18-8-11)19-3-2-9-4-13(16)14(17)6-12(9)15(19)20/h4-8H,2-3H2,1H3. The van der Waals surface area contributed by atoms with Crippen LogP contribution < -0.4 is 9.64 Å². The second-order valence-corrected chi connectivity index (χ2v) is 5.12. The maximum absolute atomic E-state index is 13.6. The van der Waals surface area contributed by atoms with Crippen LogP contribution in [-0.4, -0.2) is 24.5 Å². The molecule has 1 aliphatic heterocycles. The Bertz CT molecular complexity index is 721. The number of anilines is 1. The molecule has 21 heavy (non-hydrogen) atoms. The summed E-state index contributed by atoms with van der Waals surface area (Å²) >= 11 is 5.76. The van der Waals surface area contributed by atoms with Crippen LogP contribution in [0, 0.1) is 5.82 Å². The summed E-state index contributed by atoms with van der Waals surface area (Å²) in [5, 5.41) is 0.0399. The van der Waals surface area contributed by atoms with Crippen molar-refractivity contribution in [2.75, 3.05) is 18.6 Å². The average molecular weight is 307 g/mol. The molecule has 0 saturated carbocycles. The van der Waals surface area contributed by atoms with Crippen molar-refractivity contribution in [3.8, 4) is 5.75 Å². The number of nitrogens with zero attached hydrogens (tertiary/aromatic N) is 2. The largest absolute Gasteiger partial charge is 0.495 e. The maximum atomic E-state index is 13.6. The lowest BCUT2D eigenvalue weighted by Gasteiger charge is -2.28. The third-order valence-electron chi connectivity index (χ3n) is 3.47. The molecule has 3 rings (SSSR count). The number of methoxy groups -OCH3 is 1. The van der Waals surface area contributed by atoms with Gasteiger partial charge in [-0.3, -0.25) is 9.78 Å². The fourth-order valence-electron chi connectivity index (χ4n) is 2.39. The molecule has 0 spiro atoms. The molecule has 1 aliphatic rings. The minimum atomic E-state index is -0.589. The van der Waals surface area contributed by atoms with E-state index in [2.05, 4.69) is 4.98 Å². The number of pyridine rings is 1. The fraction of sp³-hybridized carbons (Fsp3) is 0.200. The number of rotatable bonds is 2. The van der Waals surface area contributed by atoms with Crippen LogP contribution in [0.15, 0.2) is 30.6 Å². The summed E-state index contributed by atoms with van der Waals surface area (Å²) in [6.07, 6.45) is 3.75. The Labute approximate surface area is 126 Å². The van der Waals surface area contributed by atoms with Gasteiger partial charge in [0.05, 0.1) is 30.2 Å². The molecule has 0 N–H and O–H groups in total. The number of halogens is 2. The molecule has 4 nitrogen and oxygen atoms in total. The van der Waals surface area contributed by atoms with Gasteiger partial charge in [0, 0.05) is 18.2 Å². The first-order valence-electron chi connectivity index (χ1n) is 6.39. The summed E-state index contributed by atoms with van der Waals surface area (Å²) in [7, 11) is 1.53. The van der Waals surface area contributed by atoms with Crippen molar-refractivity contribution in [1.82, 2.24) is 4.98 Å². The first-order chi connectivity index (χ1) is 10.1. The molecule has 2 heterocycles. The number of carbonyl (C=O) groups excluding carboxylic acids is 1. The van der Waals surface area contributed by atoms with Gasteiger partial charge in [-0.15, -0.1) is 0 Å². The third-order valence-corrected chi connectivity index (χ3v) is 3.76. The number of ether oxygens (including phenoxy) is 1. The number of amides is 1. The van der Waals surface area contributed by atoms with Crippen LogP contribution in [-0.2, 0) is 6.42 Å². The predicted molar refractivity (Wildman–Crippen MR) is 77.6 cm³/mol. The monoisotopic (exact) mass is 306 g/mol. The van der Waals surface area contributed by atoms with Gasteiger partial charge < -0.3 is 9.64 Å².